The van der Waals surface area contributed by atoms with Crippen LogP contribution in [0.1, 0.15) is 253 Å². The van der Waals surface area contributed by atoms with Crippen molar-refractivity contribution in [2.45, 2.75) is 253 Å². The number of nitrogens with zero attached hydrogens (tertiary/aromatic N) is 1. The first kappa shape index (κ1) is 55.2. The van der Waals surface area contributed by atoms with Crippen molar-refractivity contribution in [1.29, 1.82) is 0 Å². The van der Waals surface area contributed by atoms with E-state index < -0.39 is 0 Å². The van der Waals surface area contributed by atoms with E-state index >= 15 is 0 Å². The Morgan fingerprint density at radius 1 is 0.404 bits per heavy atom. The molecule has 0 bridgehead atoms. The lowest BCUT2D eigenvalue weighted by atomic mass is 9.85. The third-order valence-corrected chi connectivity index (χ3v) is 11.4. The molecule has 0 rings (SSSR count). The van der Waals surface area contributed by atoms with Gasteiger partial charge in [0.15, 0.2) is 0 Å². The lowest BCUT2D eigenvalue weighted by Gasteiger charge is -2.21. The lowest BCUT2D eigenvalue weighted by Crippen LogP contribution is -2.25. The molecule has 0 aliphatic heterocycles. The van der Waals surface area contributed by atoms with Crippen molar-refractivity contribution in [1.82, 2.24) is 4.90 Å². The molecule has 0 aromatic heterocycles. The molecular weight excluding hydrogens is 643 g/mol. The Balaban J connectivity index is -0.00000371. The van der Waals surface area contributed by atoms with Crippen LogP contribution in [0.3, 0.4) is 0 Å². The molecule has 0 saturated heterocycles. The van der Waals surface area contributed by atoms with Crippen molar-refractivity contribution < 1.29 is 19.8 Å². The number of carboxylic acid groups (broad SMARTS) is 2. The fraction of sp³-hybridized carbons (Fsp3) is 0.957. The average Bonchev–Trinajstić information content (AvgIpc) is 3.13. The molecule has 0 aromatic carbocycles. The van der Waals surface area contributed by atoms with Crippen molar-refractivity contribution in [2.75, 3.05) is 19.6 Å². The molecule has 0 saturated carbocycles. The first-order chi connectivity index (χ1) is 25.4. The van der Waals surface area contributed by atoms with Gasteiger partial charge in [-0.3, -0.25) is 9.59 Å². The van der Waals surface area contributed by atoms with E-state index in [0.717, 1.165) is 17.8 Å². The summed E-state index contributed by atoms with van der Waals surface area (Å²) in [6, 6.07) is 0. The van der Waals surface area contributed by atoms with E-state index in [4.69, 9.17) is 19.8 Å². The number of rotatable bonds is 39. The Kier molecular flexibility index (Phi) is 53.0. The van der Waals surface area contributed by atoms with Crippen LogP contribution in [0.5, 0.6) is 0 Å². The van der Waals surface area contributed by atoms with E-state index in [1.54, 1.807) is 0 Å². The molecule has 5 heteroatoms. The highest BCUT2D eigenvalue weighted by atomic mass is 16.3. The van der Waals surface area contributed by atoms with Gasteiger partial charge in [0.25, 0.3) is 12.9 Å². The lowest BCUT2D eigenvalue weighted by molar-refractivity contribution is -0.123. The monoisotopic (exact) mass is 740 g/mol. The maximum absolute atomic E-state index is 8.36. The minimum absolute atomic E-state index is 0.250. The van der Waals surface area contributed by atoms with Gasteiger partial charge in [0.05, 0.1) is 0 Å². The highest BCUT2D eigenvalue weighted by molar-refractivity contribution is 5.33. The summed E-state index contributed by atoms with van der Waals surface area (Å²) in [6.45, 7) is 17.7. The molecule has 2 N–H and O–H groups in total. The zero-order valence-corrected chi connectivity index (χ0v) is 36.5. The Hall–Kier alpha value is -1.10. The summed E-state index contributed by atoms with van der Waals surface area (Å²) in [7, 11) is 0. The fourth-order valence-electron chi connectivity index (χ4n) is 7.86. The van der Waals surface area contributed by atoms with E-state index in [2.05, 4.69) is 46.4 Å². The standard InChI is InChI=1S/C45H93N.2CH2O2/c1-7-11-14-17-22-29-36-44(37-30-23-18-15-12-8-2)38-31-24-20-27-34-41-46(10-4)42-35-28-21-26-33-40-45(43(5)6)39-32-25-19-16-13-9-3;2*2-1-3/h43-45H,7-42H2,1-6H3;2*1H,(H,2,3). The minimum Gasteiger partial charge on any atom is -0.483 e. The summed E-state index contributed by atoms with van der Waals surface area (Å²) in [5.74, 6) is 2.86. The van der Waals surface area contributed by atoms with Gasteiger partial charge in [0, 0.05) is 0 Å². The Morgan fingerprint density at radius 3 is 0.923 bits per heavy atom. The predicted molar refractivity (Wildman–Crippen MR) is 231 cm³/mol. The molecule has 5 nitrogen and oxygen atoms in total. The molecule has 0 aliphatic carbocycles. The molecule has 1 unspecified atom stereocenters. The van der Waals surface area contributed by atoms with Gasteiger partial charge < -0.3 is 15.1 Å². The SMILES string of the molecule is CCCCCCCCC(CCCCCCCC)CCCCCCCN(CC)CCCCCCCC(CCCCCCCC)C(C)C.O=CO.O=CO. The summed E-state index contributed by atoms with van der Waals surface area (Å²) >= 11 is 0. The second kappa shape index (κ2) is 49.9. The van der Waals surface area contributed by atoms with Gasteiger partial charge in [-0.05, 0) is 50.2 Å². The van der Waals surface area contributed by atoms with Crippen LogP contribution in [0.15, 0.2) is 0 Å². The molecule has 1 atom stereocenters. The third-order valence-electron chi connectivity index (χ3n) is 11.4. The third kappa shape index (κ3) is 46.9. The first-order valence-corrected chi connectivity index (χ1v) is 23.3. The minimum atomic E-state index is -0.250. The smallest absolute Gasteiger partial charge is 0.290 e. The van der Waals surface area contributed by atoms with Crippen LogP contribution < -0.4 is 0 Å². The molecule has 314 valence electrons. The highest BCUT2D eigenvalue weighted by Gasteiger charge is 2.13. The first-order valence-electron chi connectivity index (χ1n) is 23.3. The summed E-state index contributed by atoms with van der Waals surface area (Å²) in [6.07, 6.45) is 48.2. The number of unbranched alkanes of at least 4 members (excludes halogenated alkanes) is 23. The van der Waals surface area contributed by atoms with Crippen molar-refractivity contribution in [3.63, 3.8) is 0 Å². The second-order valence-corrected chi connectivity index (χ2v) is 16.3. The van der Waals surface area contributed by atoms with Crippen LogP contribution in [-0.2, 0) is 9.59 Å². The van der Waals surface area contributed by atoms with Crippen LogP contribution in [-0.4, -0.2) is 47.7 Å². The van der Waals surface area contributed by atoms with E-state index in [-0.39, 0.29) is 12.9 Å². The quantitative estimate of drug-likeness (QED) is 0.0485. The zero-order valence-electron chi connectivity index (χ0n) is 36.5. The van der Waals surface area contributed by atoms with E-state index in [1.807, 2.05) is 0 Å². The molecule has 0 fully saturated rings. The van der Waals surface area contributed by atoms with Crippen LogP contribution in [0.25, 0.3) is 0 Å². The van der Waals surface area contributed by atoms with Gasteiger partial charge in [-0.25, -0.2) is 0 Å². The summed E-state index contributed by atoms with van der Waals surface area (Å²) in [5.41, 5.74) is 0. The van der Waals surface area contributed by atoms with Crippen LogP contribution in [0.4, 0.5) is 0 Å². The molecule has 0 amide bonds. The van der Waals surface area contributed by atoms with Gasteiger partial charge in [-0.1, -0.05) is 241 Å². The van der Waals surface area contributed by atoms with Crippen molar-refractivity contribution >= 4 is 12.9 Å². The number of carbonyl (C=O) groups is 2. The number of hydrogen-bond donors (Lipinski definition) is 2. The molecule has 0 radical (unpaired) electrons. The average molecular weight is 740 g/mol. The van der Waals surface area contributed by atoms with Crippen LogP contribution in [0, 0.1) is 17.8 Å². The maximum atomic E-state index is 8.36. The fourth-order valence-corrected chi connectivity index (χ4v) is 7.86. The van der Waals surface area contributed by atoms with Crippen LogP contribution in [0.2, 0.25) is 0 Å². The zero-order chi connectivity index (χ0) is 39.2. The predicted octanol–water partition coefficient (Wildman–Crippen LogP) is 15.5. The van der Waals surface area contributed by atoms with Gasteiger partial charge in [-0.15, -0.1) is 0 Å². The van der Waals surface area contributed by atoms with Gasteiger partial charge >= 0.3 is 0 Å². The highest BCUT2D eigenvalue weighted by Crippen LogP contribution is 2.26. The summed E-state index contributed by atoms with van der Waals surface area (Å²) in [4.78, 5) is 19.5. The molecule has 52 heavy (non-hydrogen) atoms. The van der Waals surface area contributed by atoms with Gasteiger partial charge in [-0.2, -0.15) is 0 Å². The Morgan fingerprint density at radius 2 is 0.654 bits per heavy atom. The summed E-state index contributed by atoms with van der Waals surface area (Å²) in [5, 5.41) is 13.8. The number of hydrogen-bond acceptors (Lipinski definition) is 3. The van der Waals surface area contributed by atoms with Crippen molar-refractivity contribution in [3.8, 4) is 0 Å². The Labute approximate surface area is 327 Å². The maximum Gasteiger partial charge on any atom is 0.290 e. The van der Waals surface area contributed by atoms with Crippen LogP contribution >= 0.6 is 0 Å². The summed E-state index contributed by atoms with van der Waals surface area (Å²) < 4.78 is 0. The molecule has 0 spiro atoms. The molecule has 0 heterocycles. The van der Waals surface area contributed by atoms with Crippen molar-refractivity contribution in [2.24, 2.45) is 17.8 Å². The normalized spacial score (nSPS) is 11.7. The van der Waals surface area contributed by atoms with E-state index in [0.29, 0.717) is 0 Å². The Bertz CT molecular complexity index is 621. The van der Waals surface area contributed by atoms with E-state index in [9.17, 15) is 0 Å². The van der Waals surface area contributed by atoms with Gasteiger partial charge in [0.1, 0.15) is 0 Å². The largest absolute Gasteiger partial charge is 0.483 e. The van der Waals surface area contributed by atoms with Gasteiger partial charge in [0.2, 0.25) is 0 Å². The topological polar surface area (TPSA) is 77.8 Å². The molecular formula is C47H97NO4. The second-order valence-electron chi connectivity index (χ2n) is 16.3. The van der Waals surface area contributed by atoms with E-state index in [1.165, 1.54) is 232 Å². The van der Waals surface area contributed by atoms with Crippen molar-refractivity contribution in [3.05, 3.63) is 0 Å². The molecule has 0 aromatic rings. The molecule has 0 aliphatic rings.